The number of aryl methyl sites for hydroxylation is 1. The molecule has 0 fully saturated rings. The van der Waals surface area contributed by atoms with Crippen molar-refractivity contribution in [3.63, 3.8) is 0 Å². The molecule has 0 unspecified atom stereocenters. The second-order valence-corrected chi connectivity index (χ2v) is 3.87. The number of aromatic hydroxyl groups is 1. The quantitative estimate of drug-likeness (QED) is 0.752. The standard InChI is InChI=1S/C11H10ClNO3/c1-5-9-7(12)3-6(14)4-8(9)13-10(5)11(15)16-2/h3-4,13-14H,1-2H3. The lowest BCUT2D eigenvalue weighted by Crippen LogP contribution is -2.02. The number of halogens is 1. The van der Waals surface area contributed by atoms with Crippen LogP contribution >= 0.6 is 11.6 Å². The Morgan fingerprint density at radius 2 is 2.19 bits per heavy atom. The number of phenolic OH excluding ortho intramolecular Hbond substituents is 1. The zero-order chi connectivity index (χ0) is 11.9. The monoisotopic (exact) mass is 239 g/mol. The molecule has 0 spiro atoms. The van der Waals surface area contributed by atoms with Crippen molar-refractivity contribution in [2.75, 3.05) is 7.11 Å². The summed E-state index contributed by atoms with van der Waals surface area (Å²) in [7, 11) is 1.31. The number of esters is 1. The maximum atomic E-state index is 11.4. The van der Waals surface area contributed by atoms with Crippen LogP contribution in [0, 0.1) is 6.92 Å². The lowest BCUT2D eigenvalue weighted by Gasteiger charge is -1.98. The van der Waals surface area contributed by atoms with Gasteiger partial charge in [0.1, 0.15) is 11.4 Å². The number of methoxy groups -OCH3 is 1. The Labute approximate surface area is 96.8 Å². The highest BCUT2D eigenvalue weighted by Gasteiger charge is 2.17. The molecule has 0 saturated heterocycles. The summed E-state index contributed by atoms with van der Waals surface area (Å²) >= 11 is 6.00. The van der Waals surface area contributed by atoms with E-state index in [9.17, 15) is 9.90 Å². The molecule has 0 aliphatic rings. The van der Waals surface area contributed by atoms with E-state index in [-0.39, 0.29) is 5.75 Å². The van der Waals surface area contributed by atoms with Gasteiger partial charge < -0.3 is 14.8 Å². The first-order valence-corrected chi connectivity index (χ1v) is 5.01. The number of fused-ring (bicyclic) bond motifs is 1. The third-order valence-corrected chi connectivity index (χ3v) is 2.77. The number of aromatic amines is 1. The Kier molecular flexibility index (Phi) is 2.52. The van der Waals surface area contributed by atoms with E-state index < -0.39 is 5.97 Å². The predicted molar refractivity (Wildman–Crippen MR) is 61.1 cm³/mol. The van der Waals surface area contributed by atoms with Crippen LogP contribution in [0.15, 0.2) is 12.1 Å². The smallest absolute Gasteiger partial charge is 0.354 e. The van der Waals surface area contributed by atoms with Crippen molar-refractivity contribution in [1.82, 2.24) is 4.98 Å². The number of phenols is 1. The highest BCUT2D eigenvalue weighted by molar-refractivity contribution is 6.36. The summed E-state index contributed by atoms with van der Waals surface area (Å²) in [6.45, 7) is 1.77. The van der Waals surface area contributed by atoms with Gasteiger partial charge in [-0.3, -0.25) is 0 Å². The summed E-state index contributed by atoms with van der Waals surface area (Å²) in [5.74, 6) is -0.403. The molecule has 1 heterocycles. The van der Waals surface area contributed by atoms with Crippen molar-refractivity contribution in [3.05, 3.63) is 28.4 Å². The Balaban J connectivity index is 2.78. The molecule has 0 radical (unpaired) electrons. The molecule has 0 aliphatic heterocycles. The van der Waals surface area contributed by atoms with Gasteiger partial charge in [-0.15, -0.1) is 0 Å². The third kappa shape index (κ3) is 1.51. The lowest BCUT2D eigenvalue weighted by atomic mass is 10.1. The van der Waals surface area contributed by atoms with E-state index in [1.165, 1.54) is 19.2 Å². The normalized spacial score (nSPS) is 10.7. The maximum absolute atomic E-state index is 11.4. The molecule has 1 aromatic carbocycles. The number of aromatic nitrogens is 1. The van der Waals surface area contributed by atoms with E-state index >= 15 is 0 Å². The number of carbonyl (C=O) groups is 1. The Morgan fingerprint density at radius 3 is 2.81 bits per heavy atom. The van der Waals surface area contributed by atoms with Gasteiger partial charge in [-0.25, -0.2) is 4.79 Å². The molecule has 5 heteroatoms. The summed E-state index contributed by atoms with van der Waals surface area (Å²) < 4.78 is 4.64. The molecule has 2 aromatic rings. The van der Waals surface area contributed by atoms with E-state index in [1.54, 1.807) is 6.92 Å². The van der Waals surface area contributed by atoms with Crippen LogP contribution in [0.3, 0.4) is 0 Å². The van der Waals surface area contributed by atoms with Crippen LogP contribution in [0.5, 0.6) is 5.75 Å². The Hall–Kier alpha value is -1.68. The minimum Gasteiger partial charge on any atom is -0.508 e. The number of hydrogen-bond donors (Lipinski definition) is 2. The molecule has 0 bridgehead atoms. The molecular formula is C11H10ClNO3. The van der Waals surface area contributed by atoms with Crippen LogP contribution in [0.4, 0.5) is 0 Å². The van der Waals surface area contributed by atoms with Crippen LogP contribution in [-0.4, -0.2) is 23.2 Å². The molecule has 1 aromatic heterocycles. The molecular weight excluding hydrogens is 230 g/mol. The topological polar surface area (TPSA) is 62.3 Å². The van der Waals surface area contributed by atoms with Gasteiger partial charge >= 0.3 is 5.97 Å². The molecule has 84 valence electrons. The molecule has 0 aliphatic carbocycles. The van der Waals surface area contributed by atoms with Crippen LogP contribution in [0.25, 0.3) is 10.9 Å². The summed E-state index contributed by atoms with van der Waals surface area (Å²) in [4.78, 5) is 14.3. The first-order valence-electron chi connectivity index (χ1n) is 4.63. The number of hydrogen-bond acceptors (Lipinski definition) is 3. The van der Waals surface area contributed by atoms with Gasteiger partial charge in [0.05, 0.1) is 17.6 Å². The predicted octanol–water partition coefficient (Wildman–Crippen LogP) is 2.62. The van der Waals surface area contributed by atoms with Gasteiger partial charge in [0.15, 0.2) is 0 Å². The lowest BCUT2D eigenvalue weighted by molar-refractivity contribution is 0.0594. The first-order chi connectivity index (χ1) is 7.54. The molecule has 4 nitrogen and oxygen atoms in total. The second-order valence-electron chi connectivity index (χ2n) is 3.47. The summed E-state index contributed by atoms with van der Waals surface area (Å²) in [6, 6.07) is 2.95. The average molecular weight is 240 g/mol. The summed E-state index contributed by atoms with van der Waals surface area (Å²) in [6.07, 6.45) is 0. The maximum Gasteiger partial charge on any atom is 0.354 e. The van der Waals surface area contributed by atoms with Crippen LogP contribution in [0.2, 0.25) is 5.02 Å². The van der Waals surface area contributed by atoms with Gasteiger partial charge in [-0.05, 0) is 18.6 Å². The van der Waals surface area contributed by atoms with Gasteiger partial charge in [-0.2, -0.15) is 0 Å². The number of benzene rings is 1. The van der Waals surface area contributed by atoms with Gasteiger partial charge in [0.25, 0.3) is 0 Å². The fourth-order valence-corrected chi connectivity index (χ4v) is 2.09. The minimum absolute atomic E-state index is 0.0511. The number of carbonyl (C=O) groups excluding carboxylic acids is 1. The SMILES string of the molecule is COC(=O)c1[nH]c2cc(O)cc(Cl)c2c1C. The van der Waals surface area contributed by atoms with Crippen molar-refractivity contribution in [3.8, 4) is 5.75 Å². The highest BCUT2D eigenvalue weighted by atomic mass is 35.5. The summed E-state index contributed by atoms with van der Waals surface area (Å²) in [5, 5.41) is 10.5. The third-order valence-electron chi connectivity index (χ3n) is 2.47. The summed E-state index contributed by atoms with van der Waals surface area (Å²) in [5.41, 5.74) is 1.68. The molecule has 0 atom stereocenters. The van der Waals surface area contributed by atoms with Gasteiger partial charge in [-0.1, -0.05) is 11.6 Å². The number of ether oxygens (including phenoxy) is 1. The van der Waals surface area contributed by atoms with Crippen LogP contribution in [0.1, 0.15) is 16.1 Å². The van der Waals surface area contributed by atoms with E-state index in [0.717, 1.165) is 5.39 Å². The van der Waals surface area contributed by atoms with E-state index in [2.05, 4.69) is 9.72 Å². The van der Waals surface area contributed by atoms with Gasteiger partial charge in [0.2, 0.25) is 0 Å². The zero-order valence-electron chi connectivity index (χ0n) is 8.80. The second kappa shape index (κ2) is 3.72. The van der Waals surface area contributed by atoms with E-state index in [0.29, 0.717) is 21.8 Å². The first kappa shape index (κ1) is 10.8. The van der Waals surface area contributed by atoms with Crippen LogP contribution in [-0.2, 0) is 4.74 Å². The Morgan fingerprint density at radius 1 is 1.50 bits per heavy atom. The van der Waals surface area contributed by atoms with Crippen molar-refractivity contribution in [2.45, 2.75) is 6.92 Å². The number of rotatable bonds is 1. The molecule has 16 heavy (non-hydrogen) atoms. The largest absolute Gasteiger partial charge is 0.508 e. The average Bonchev–Trinajstić information content (AvgIpc) is 2.54. The molecule has 0 saturated carbocycles. The number of nitrogens with one attached hydrogen (secondary N) is 1. The van der Waals surface area contributed by atoms with E-state index in [4.69, 9.17) is 11.6 Å². The van der Waals surface area contributed by atoms with E-state index in [1.807, 2.05) is 0 Å². The van der Waals surface area contributed by atoms with Crippen molar-refractivity contribution >= 4 is 28.5 Å². The van der Waals surface area contributed by atoms with Crippen LogP contribution < -0.4 is 0 Å². The minimum atomic E-state index is -0.454. The highest BCUT2D eigenvalue weighted by Crippen LogP contribution is 2.32. The zero-order valence-corrected chi connectivity index (χ0v) is 9.55. The van der Waals surface area contributed by atoms with Crippen molar-refractivity contribution in [2.24, 2.45) is 0 Å². The van der Waals surface area contributed by atoms with Crippen molar-refractivity contribution in [1.29, 1.82) is 0 Å². The fourth-order valence-electron chi connectivity index (χ4n) is 1.73. The van der Waals surface area contributed by atoms with Gasteiger partial charge in [0, 0.05) is 11.5 Å². The molecule has 2 N–H and O–H groups in total. The fraction of sp³-hybridized carbons (Fsp3) is 0.182. The number of H-pyrrole nitrogens is 1. The Bertz CT molecular complexity index is 574. The molecule has 0 amide bonds. The van der Waals surface area contributed by atoms with Crippen molar-refractivity contribution < 1.29 is 14.6 Å². The molecule has 2 rings (SSSR count).